The molecule has 0 radical (unpaired) electrons. The summed E-state index contributed by atoms with van der Waals surface area (Å²) < 4.78 is 41.6. The molecule has 28 heavy (non-hydrogen) atoms. The van der Waals surface area contributed by atoms with Crippen LogP contribution in [0.5, 0.6) is 0 Å². The highest BCUT2D eigenvalue weighted by molar-refractivity contribution is 7.16. The number of piperidine rings is 1. The van der Waals surface area contributed by atoms with Gasteiger partial charge in [0.05, 0.1) is 16.6 Å². The Hall–Kier alpha value is -1.65. The van der Waals surface area contributed by atoms with E-state index in [0.29, 0.717) is 22.9 Å². The molecule has 1 fully saturated rings. The summed E-state index contributed by atoms with van der Waals surface area (Å²) in [5.41, 5.74) is 1.21. The van der Waals surface area contributed by atoms with E-state index in [1.165, 1.54) is 22.2 Å². The van der Waals surface area contributed by atoms with Crippen molar-refractivity contribution in [1.82, 2.24) is 19.9 Å². The van der Waals surface area contributed by atoms with Crippen LogP contribution in [-0.4, -0.2) is 49.7 Å². The van der Waals surface area contributed by atoms with E-state index in [1.807, 2.05) is 0 Å². The molecule has 154 valence electrons. The van der Waals surface area contributed by atoms with Gasteiger partial charge in [-0.2, -0.15) is 13.2 Å². The van der Waals surface area contributed by atoms with E-state index in [2.05, 4.69) is 10.3 Å². The van der Waals surface area contributed by atoms with E-state index in [1.54, 1.807) is 20.0 Å². The van der Waals surface area contributed by atoms with Gasteiger partial charge in [0, 0.05) is 24.6 Å². The lowest BCUT2D eigenvalue weighted by Gasteiger charge is -2.43. The second kappa shape index (κ2) is 8.00. The van der Waals surface area contributed by atoms with Gasteiger partial charge in [-0.25, -0.2) is 0 Å². The topological polar surface area (TPSA) is 71.2 Å². The number of halogens is 4. The molecule has 0 aromatic carbocycles. The van der Waals surface area contributed by atoms with Gasteiger partial charge in [-0.05, 0) is 43.7 Å². The van der Waals surface area contributed by atoms with Crippen molar-refractivity contribution in [1.29, 1.82) is 0 Å². The standard InChI is InChI=1S/C17H20ClF3N4O2S/c1-9-5-11(15-10(3-4-26)7-14(18)28-15)6-13(12-8-24(2)23-22-12)25(9)16(27)17(19,20)21/h7-9,11,13,26H,3-6H2,1-2H3/t9-,11?,13-/m0/s1. The largest absolute Gasteiger partial charge is 0.471 e. The molecule has 2 aromatic rings. The van der Waals surface area contributed by atoms with E-state index in [-0.39, 0.29) is 18.9 Å². The number of alkyl halides is 3. The Morgan fingerprint density at radius 2 is 2.14 bits per heavy atom. The second-order valence-electron chi connectivity index (χ2n) is 6.97. The molecule has 3 atom stereocenters. The summed E-state index contributed by atoms with van der Waals surface area (Å²) in [4.78, 5) is 14.0. The maximum Gasteiger partial charge on any atom is 0.471 e. The number of likely N-dealkylation sites (tertiary alicyclic amines) is 1. The molecular weight excluding hydrogens is 417 g/mol. The van der Waals surface area contributed by atoms with Gasteiger partial charge in [-0.15, -0.1) is 16.4 Å². The summed E-state index contributed by atoms with van der Waals surface area (Å²) >= 11 is 7.52. The van der Waals surface area contributed by atoms with E-state index in [9.17, 15) is 23.1 Å². The van der Waals surface area contributed by atoms with Crippen molar-refractivity contribution in [3.8, 4) is 0 Å². The molecule has 1 unspecified atom stereocenters. The molecule has 1 aliphatic rings. The van der Waals surface area contributed by atoms with Crippen molar-refractivity contribution in [3.63, 3.8) is 0 Å². The van der Waals surface area contributed by atoms with Gasteiger partial charge < -0.3 is 10.0 Å². The minimum absolute atomic E-state index is 0.0470. The predicted octanol–water partition coefficient (Wildman–Crippen LogP) is 3.46. The first-order chi connectivity index (χ1) is 13.1. The van der Waals surface area contributed by atoms with E-state index in [4.69, 9.17) is 11.6 Å². The Bertz CT molecular complexity index is 854. The maximum absolute atomic E-state index is 13.2. The monoisotopic (exact) mass is 436 g/mol. The Balaban J connectivity index is 1.99. The molecule has 1 N–H and O–H groups in total. The van der Waals surface area contributed by atoms with E-state index < -0.39 is 24.2 Å². The predicted molar refractivity (Wildman–Crippen MR) is 98.2 cm³/mol. The van der Waals surface area contributed by atoms with Crippen LogP contribution in [0, 0.1) is 0 Å². The minimum atomic E-state index is -4.96. The van der Waals surface area contributed by atoms with Crippen molar-refractivity contribution < 1.29 is 23.1 Å². The van der Waals surface area contributed by atoms with Gasteiger partial charge in [-0.3, -0.25) is 9.48 Å². The molecule has 0 bridgehead atoms. The van der Waals surface area contributed by atoms with E-state index >= 15 is 0 Å². The number of hydrogen-bond acceptors (Lipinski definition) is 5. The molecule has 3 rings (SSSR count). The molecule has 3 heterocycles. The second-order valence-corrected chi connectivity index (χ2v) is 8.69. The van der Waals surface area contributed by atoms with Gasteiger partial charge in [0.15, 0.2) is 0 Å². The molecule has 0 aliphatic carbocycles. The molecule has 11 heteroatoms. The first kappa shape index (κ1) is 21.1. The van der Waals surface area contributed by atoms with Crippen LogP contribution in [0.3, 0.4) is 0 Å². The smallest absolute Gasteiger partial charge is 0.396 e. The van der Waals surface area contributed by atoms with Crippen molar-refractivity contribution >= 4 is 28.8 Å². The van der Waals surface area contributed by atoms with Crippen molar-refractivity contribution in [3.05, 3.63) is 32.7 Å². The number of carbonyl (C=O) groups is 1. The quantitative estimate of drug-likeness (QED) is 0.796. The molecule has 0 spiro atoms. The summed E-state index contributed by atoms with van der Waals surface area (Å²) in [7, 11) is 1.62. The first-order valence-corrected chi connectivity index (χ1v) is 9.96. The Morgan fingerprint density at radius 1 is 1.43 bits per heavy atom. The Morgan fingerprint density at radius 3 is 2.71 bits per heavy atom. The number of aromatic nitrogens is 3. The normalized spacial score (nSPS) is 23.2. The minimum Gasteiger partial charge on any atom is -0.396 e. The summed E-state index contributed by atoms with van der Waals surface area (Å²) in [6, 6.07) is 0.287. The van der Waals surface area contributed by atoms with Crippen LogP contribution in [-0.2, 0) is 18.3 Å². The van der Waals surface area contributed by atoms with E-state index in [0.717, 1.165) is 15.3 Å². The summed E-state index contributed by atoms with van der Waals surface area (Å²) in [5, 5.41) is 17.1. The third-order valence-electron chi connectivity index (χ3n) is 4.95. The number of thiophene rings is 1. The zero-order valence-corrected chi connectivity index (χ0v) is 16.9. The van der Waals surface area contributed by atoms with Gasteiger partial charge >= 0.3 is 12.1 Å². The van der Waals surface area contributed by atoms with Gasteiger partial charge in [0.2, 0.25) is 0 Å². The number of carbonyl (C=O) groups excluding carboxylic acids is 1. The van der Waals surface area contributed by atoms with Crippen LogP contribution < -0.4 is 0 Å². The van der Waals surface area contributed by atoms with Crippen molar-refractivity contribution in [2.24, 2.45) is 7.05 Å². The summed E-state index contributed by atoms with van der Waals surface area (Å²) in [6.45, 7) is 1.56. The number of hydrogen-bond donors (Lipinski definition) is 1. The number of nitrogens with zero attached hydrogens (tertiary/aromatic N) is 4. The third-order valence-corrected chi connectivity index (χ3v) is 6.42. The summed E-state index contributed by atoms with van der Waals surface area (Å²) in [6.07, 6.45) is -2.36. The Kier molecular flexibility index (Phi) is 6.02. The fourth-order valence-corrected chi connectivity index (χ4v) is 5.31. The number of amides is 1. The fraction of sp³-hybridized carbons (Fsp3) is 0.588. The molecular formula is C17H20ClF3N4O2S. The maximum atomic E-state index is 13.2. The van der Waals surface area contributed by atoms with Crippen LogP contribution in [0.2, 0.25) is 4.34 Å². The lowest BCUT2D eigenvalue weighted by Crippen LogP contribution is -2.51. The van der Waals surface area contributed by atoms with Crippen LogP contribution in [0.25, 0.3) is 0 Å². The number of aliphatic hydroxyl groups is 1. The molecule has 1 aliphatic heterocycles. The number of aryl methyl sites for hydroxylation is 1. The first-order valence-electron chi connectivity index (χ1n) is 8.76. The molecule has 1 saturated heterocycles. The SMILES string of the molecule is C[C@H]1CC(c2sc(Cl)cc2CCO)C[C@@H](c2cn(C)nn2)N1C(=O)C(F)(F)F. The zero-order chi connectivity index (χ0) is 20.6. The molecule has 0 saturated carbocycles. The summed E-state index contributed by atoms with van der Waals surface area (Å²) in [5.74, 6) is -1.97. The van der Waals surface area contributed by atoms with Gasteiger partial charge in [-0.1, -0.05) is 16.8 Å². The van der Waals surface area contributed by atoms with Crippen LogP contribution in [0.1, 0.15) is 47.9 Å². The lowest BCUT2D eigenvalue weighted by atomic mass is 9.83. The van der Waals surface area contributed by atoms with Gasteiger partial charge in [0.25, 0.3) is 0 Å². The molecule has 1 amide bonds. The Labute approximate surface area is 168 Å². The van der Waals surface area contributed by atoms with Crippen LogP contribution in [0.15, 0.2) is 12.3 Å². The zero-order valence-electron chi connectivity index (χ0n) is 15.3. The fourth-order valence-electron chi connectivity index (χ4n) is 3.86. The van der Waals surface area contributed by atoms with Gasteiger partial charge in [0.1, 0.15) is 5.69 Å². The third kappa shape index (κ3) is 4.18. The number of rotatable bonds is 4. The molecule has 2 aromatic heterocycles. The van der Waals surface area contributed by atoms with Crippen LogP contribution in [0.4, 0.5) is 13.2 Å². The van der Waals surface area contributed by atoms with Crippen LogP contribution >= 0.6 is 22.9 Å². The molecule has 6 nitrogen and oxygen atoms in total. The highest BCUT2D eigenvalue weighted by atomic mass is 35.5. The average molecular weight is 437 g/mol. The highest BCUT2D eigenvalue weighted by Crippen LogP contribution is 2.46. The lowest BCUT2D eigenvalue weighted by molar-refractivity contribution is -0.192. The average Bonchev–Trinajstić information content (AvgIpc) is 3.19. The van der Waals surface area contributed by atoms with Crippen molar-refractivity contribution in [2.75, 3.05) is 6.61 Å². The number of aliphatic hydroxyl groups excluding tert-OH is 1. The highest BCUT2D eigenvalue weighted by Gasteiger charge is 2.49. The van der Waals surface area contributed by atoms with Crippen molar-refractivity contribution in [2.45, 2.75) is 50.4 Å².